The van der Waals surface area contributed by atoms with Crippen LogP contribution in [0.1, 0.15) is 46.0 Å². The SMILES string of the molecule is CCN(CC)C(=O)CNC(=O)NC1CCCCC1. The normalized spacial score (nSPS) is 16.1. The summed E-state index contributed by atoms with van der Waals surface area (Å²) in [7, 11) is 0. The van der Waals surface area contributed by atoms with Crippen LogP contribution in [-0.2, 0) is 4.79 Å². The zero-order valence-electron chi connectivity index (χ0n) is 11.5. The van der Waals surface area contributed by atoms with Crippen LogP contribution in [0, 0.1) is 0 Å². The fraction of sp³-hybridized carbons (Fsp3) is 0.846. The Morgan fingerprint density at radius 3 is 2.28 bits per heavy atom. The number of carbonyl (C=O) groups is 2. The van der Waals surface area contributed by atoms with Crippen molar-refractivity contribution < 1.29 is 9.59 Å². The molecule has 0 bridgehead atoms. The Morgan fingerprint density at radius 1 is 1.11 bits per heavy atom. The summed E-state index contributed by atoms with van der Waals surface area (Å²) >= 11 is 0. The van der Waals surface area contributed by atoms with E-state index in [9.17, 15) is 9.59 Å². The van der Waals surface area contributed by atoms with Crippen LogP contribution in [0.3, 0.4) is 0 Å². The van der Waals surface area contributed by atoms with Crippen LogP contribution in [0.5, 0.6) is 0 Å². The molecule has 104 valence electrons. The van der Waals surface area contributed by atoms with E-state index in [4.69, 9.17) is 0 Å². The first kappa shape index (κ1) is 14.8. The highest BCUT2D eigenvalue weighted by molar-refractivity contribution is 5.84. The molecule has 0 atom stereocenters. The number of nitrogens with zero attached hydrogens (tertiary/aromatic N) is 1. The van der Waals surface area contributed by atoms with E-state index in [-0.39, 0.29) is 24.5 Å². The third-order valence-corrected chi connectivity index (χ3v) is 3.46. The van der Waals surface area contributed by atoms with Gasteiger partial charge in [-0.05, 0) is 26.7 Å². The van der Waals surface area contributed by atoms with Gasteiger partial charge in [0.25, 0.3) is 0 Å². The van der Waals surface area contributed by atoms with Crippen molar-refractivity contribution in [1.29, 1.82) is 0 Å². The topological polar surface area (TPSA) is 61.4 Å². The molecule has 0 heterocycles. The molecule has 2 N–H and O–H groups in total. The highest BCUT2D eigenvalue weighted by Crippen LogP contribution is 2.16. The van der Waals surface area contributed by atoms with Crippen LogP contribution in [-0.4, -0.2) is 42.5 Å². The van der Waals surface area contributed by atoms with Gasteiger partial charge in [0, 0.05) is 19.1 Å². The van der Waals surface area contributed by atoms with Crippen LogP contribution in [0.2, 0.25) is 0 Å². The number of hydrogen-bond donors (Lipinski definition) is 2. The average molecular weight is 255 g/mol. The number of likely N-dealkylation sites (N-methyl/N-ethyl adjacent to an activating group) is 1. The smallest absolute Gasteiger partial charge is 0.315 e. The molecule has 0 aromatic rings. The molecule has 5 nitrogen and oxygen atoms in total. The highest BCUT2D eigenvalue weighted by Gasteiger charge is 2.16. The van der Waals surface area contributed by atoms with Crippen molar-refractivity contribution in [2.75, 3.05) is 19.6 Å². The van der Waals surface area contributed by atoms with E-state index in [2.05, 4.69) is 10.6 Å². The average Bonchev–Trinajstić information content (AvgIpc) is 2.39. The molecule has 1 saturated carbocycles. The number of hydrogen-bond acceptors (Lipinski definition) is 2. The Bertz CT molecular complexity index is 271. The largest absolute Gasteiger partial charge is 0.342 e. The van der Waals surface area contributed by atoms with E-state index in [1.54, 1.807) is 4.90 Å². The summed E-state index contributed by atoms with van der Waals surface area (Å²) in [4.78, 5) is 25.0. The van der Waals surface area contributed by atoms with E-state index in [1.165, 1.54) is 19.3 Å². The summed E-state index contributed by atoms with van der Waals surface area (Å²) in [5, 5.41) is 5.57. The van der Waals surface area contributed by atoms with Crippen LogP contribution < -0.4 is 10.6 Å². The maximum atomic E-state index is 11.7. The minimum atomic E-state index is -0.220. The minimum absolute atomic E-state index is 0.0289. The van der Waals surface area contributed by atoms with Gasteiger partial charge in [0.2, 0.25) is 5.91 Å². The van der Waals surface area contributed by atoms with E-state index in [0.29, 0.717) is 13.1 Å². The second-order valence-corrected chi connectivity index (χ2v) is 4.73. The van der Waals surface area contributed by atoms with Gasteiger partial charge < -0.3 is 15.5 Å². The van der Waals surface area contributed by atoms with Gasteiger partial charge in [0.1, 0.15) is 0 Å². The minimum Gasteiger partial charge on any atom is -0.342 e. The molecule has 1 rings (SSSR count). The quantitative estimate of drug-likeness (QED) is 0.782. The Kier molecular flexibility index (Phi) is 6.54. The monoisotopic (exact) mass is 255 g/mol. The molecular weight excluding hydrogens is 230 g/mol. The molecule has 0 aromatic carbocycles. The van der Waals surface area contributed by atoms with Crippen molar-refractivity contribution in [2.45, 2.75) is 52.0 Å². The van der Waals surface area contributed by atoms with Crippen LogP contribution in [0.4, 0.5) is 4.79 Å². The third kappa shape index (κ3) is 4.94. The number of rotatable bonds is 5. The van der Waals surface area contributed by atoms with Gasteiger partial charge in [-0.3, -0.25) is 4.79 Å². The lowest BCUT2D eigenvalue weighted by atomic mass is 9.96. The van der Waals surface area contributed by atoms with Gasteiger partial charge in [0.05, 0.1) is 6.54 Å². The van der Waals surface area contributed by atoms with E-state index in [1.807, 2.05) is 13.8 Å². The zero-order chi connectivity index (χ0) is 13.4. The maximum absolute atomic E-state index is 11.7. The number of nitrogens with one attached hydrogen (secondary N) is 2. The fourth-order valence-corrected chi connectivity index (χ4v) is 2.33. The second-order valence-electron chi connectivity index (χ2n) is 4.73. The summed E-state index contributed by atoms with van der Waals surface area (Å²) in [6.07, 6.45) is 5.74. The first-order valence-electron chi connectivity index (χ1n) is 6.99. The van der Waals surface area contributed by atoms with E-state index < -0.39 is 0 Å². The third-order valence-electron chi connectivity index (χ3n) is 3.46. The molecule has 0 aromatic heterocycles. The summed E-state index contributed by atoms with van der Waals surface area (Å²) in [6, 6.07) is 0.0599. The van der Waals surface area contributed by atoms with Crippen molar-refractivity contribution >= 4 is 11.9 Å². The van der Waals surface area contributed by atoms with Gasteiger partial charge in [-0.15, -0.1) is 0 Å². The molecule has 0 spiro atoms. The molecule has 0 saturated heterocycles. The van der Waals surface area contributed by atoms with Crippen LogP contribution in [0.25, 0.3) is 0 Å². The van der Waals surface area contributed by atoms with Gasteiger partial charge in [-0.1, -0.05) is 19.3 Å². The lowest BCUT2D eigenvalue weighted by molar-refractivity contribution is -0.129. The number of carbonyl (C=O) groups excluding carboxylic acids is 2. The lowest BCUT2D eigenvalue weighted by Crippen LogP contribution is -2.47. The Morgan fingerprint density at radius 2 is 1.72 bits per heavy atom. The summed E-state index contributed by atoms with van der Waals surface area (Å²) in [5.41, 5.74) is 0. The standard InChI is InChI=1S/C13H25N3O2/c1-3-16(4-2)12(17)10-14-13(18)15-11-8-6-5-7-9-11/h11H,3-10H2,1-2H3,(H2,14,15,18). The van der Waals surface area contributed by atoms with Crippen molar-refractivity contribution in [2.24, 2.45) is 0 Å². The van der Waals surface area contributed by atoms with Gasteiger partial charge in [-0.25, -0.2) is 4.79 Å². The molecule has 5 heteroatoms. The Labute approximate surface area is 109 Å². The fourth-order valence-electron chi connectivity index (χ4n) is 2.33. The molecule has 0 unspecified atom stereocenters. The molecule has 18 heavy (non-hydrogen) atoms. The molecular formula is C13H25N3O2. The highest BCUT2D eigenvalue weighted by atomic mass is 16.2. The molecule has 1 fully saturated rings. The van der Waals surface area contributed by atoms with Crippen molar-refractivity contribution in [1.82, 2.24) is 15.5 Å². The maximum Gasteiger partial charge on any atom is 0.315 e. The molecule has 1 aliphatic carbocycles. The number of amides is 3. The zero-order valence-corrected chi connectivity index (χ0v) is 11.5. The lowest BCUT2D eigenvalue weighted by Gasteiger charge is -2.23. The van der Waals surface area contributed by atoms with E-state index in [0.717, 1.165) is 12.8 Å². The van der Waals surface area contributed by atoms with Crippen LogP contribution in [0.15, 0.2) is 0 Å². The van der Waals surface area contributed by atoms with Crippen molar-refractivity contribution in [3.8, 4) is 0 Å². The molecule has 1 aliphatic rings. The molecule has 0 aliphatic heterocycles. The van der Waals surface area contributed by atoms with Gasteiger partial charge in [0.15, 0.2) is 0 Å². The Balaban J connectivity index is 2.21. The first-order chi connectivity index (χ1) is 8.67. The predicted molar refractivity (Wildman–Crippen MR) is 71.3 cm³/mol. The predicted octanol–water partition coefficient (Wildman–Crippen LogP) is 1.49. The van der Waals surface area contributed by atoms with E-state index >= 15 is 0 Å². The summed E-state index contributed by atoms with van der Waals surface area (Å²) < 4.78 is 0. The first-order valence-corrected chi connectivity index (χ1v) is 6.99. The summed E-state index contributed by atoms with van der Waals surface area (Å²) in [5.74, 6) is -0.0289. The number of urea groups is 1. The van der Waals surface area contributed by atoms with Crippen molar-refractivity contribution in [3.05, 3.63) is 0 Å². The second kappa shape index (κ2) is 7.95. The van der Waals surface area contributed by atoms with Crippen molar-refractivity contribution in [3.63, 3.8) is 0 Å². The Hall–Kier alpha value is -1.26. The van der Waals surface area contributed by atoms with Gasteiger partial charge in [-0.2, -0.15) is 0 Å². The van der Waals surface area contributed by atoms with Crippen LogP contribution >= 0.6 is 0 Å². The summed E-state index contributed by atoms with van der Waals surface area (Å²) in [6.45, 7) is 5.32. The molecule has 0 radical (unpaired) electrons. The van der Waals surface area contributed by atoms with Gasteiger partial charge >= 0.3 is 6.03 Å². The molecule has 3 amide bonds.